The number of nitrogens with one attached hydrogen (secondary N) is 1. The van der Waals surface area contributed by atoms with Crippen molar-refractivity contribution in [1.82, 2.24) is 4.90 Å². The van der Waals surface area contributed by atoms with Crippen LogP contribution in [0.15, 0.2) is 30.3 Å². The molecule has 4 nitrogen and oxygen atoms in total. The smallest absolute Gasteiger partial charge is 0.321 e. The van der Waals surface area contributed by atoms with E-state index in [0.29, 0.717) is 6.54 Å². The lowest BCUT2D eigenvalue weighted by atomic mass is 10.3. The molecule has 0 aliphatic carbocycles. The van der Waals surface area contributed by atoms with Gasteiger partial charge in [-0.3, -0.25) is 0 Å². The second-order valence-corrected chi connectivity index (χ2v) is 2.94. The van der Waals surface area contributed by atoms with Gasteiger partial charge in [0.05, 0.1) is 6.61 Å². The van der Waals surface area contributed by atoms with Gasteiger partial charge in [0.25, 0.3) is 0 Å². The number of hydrogen-bond acceptors (Lipinski definition) is 2. The Hall–Kier alpha value is -1.55. The fourth-order valence-corrected chi connectivity index (χ4v) is 0.992. The molecule has 0 bridgehead atoms. The van der Waals surface area contributed by atoms with Crippen LogP contribution in [0.5, 0.6) is 0 Å². The van der Waals surface area contributed by atoms with Gasteiger partial charge >= 0.3 is 6.03 Å². The largest absolute Gasteiger partial charge is 0.395 e. The molecule has 2 amide bonds. The van der Waals surface area contributed by atoms with E-state index in [1.54, 1.807) is 7.05 Å². The molecule has 0 saturated carbocycles. The fraction of sp³-hybridized carbons (Fsp3) is 0.300. The van der Waals surface area contributed by atoms with Crippen molar-refractivity contribution in [2.24, 2.45) is 0 Å². The van der Waals surface area contributed by atoms with Gasteiger partial charge in [-0.25, -0.2) is 4.79 Å². The third-order valence-corrected chi connectivity index (χ3v) is 1.81. The predicted octanol–water partition coefficient (Wildman–Crippen LogP) is 1.14. The molecule has 0 saturated heterocycles. The Morgan fingerprint density at radius 3 is 2.64 bits per heavy atom. The lowest BCUT2D eigenvalue weighted by molar-refractivity contribution is 0.202. The number of likely N-dealkylation sites (N-methyl/N-ethyl adjacent to an activating group) is 1. The summed E-state index contributed by atoms with van der Waals surface area (Å²) in [6, 6.07) is 8.98. The van der Waals surface area contributed by atoms with Crippen molar-refractivity contribution < 1.29 is 9.90 Å². The molecule has 1 rings (SSSR count). The molecule has 0 spiro atoms. The number of urea groups is 1. The predicted molar refractivity (Wildman–Crippen MR) is 55.2 cm³/mol. The zero-order valence-electron chi connectivity index (χ0n) is 8.10. The van der Waals surface area contributed by atoms with E-state index in [9.17, 15) is 4.79 Å². The molecule has 76 valence electrons. The van der Waals surface area contributed by atoms with Crippen LogP contribution in [0.4, 0.5) is 10.5 Å². The minimum absolute atomic E-state index is 0.0291. The SMILES string of the molecule is CN(CCO)C(=O)Nc1ccccc1. The monoisotopic (exact) mass is 194 g/mol. The number of hydrogen-bond donors (Lipinski definition) is 2. The standard InChI is InChI=1S/C10H14N2O2/c1-12(7-8-13)10(14)11-9-5-3-2-4-6-9/h2-6,13H,7-8H2,1H3,(H,11,14). The van der Waals surface area contributed by atoms with Crippen molar-refractivity contribution in [3.8, 4) is 0 Å². The molecule has 0 radical (unpaired) electrons. The van der Waals surface area contributed by atoms with Gasteiger partial charge in [0, 0.05) is 19.3 Å². The first-order valence-corrected chi connectivity index (χ1v) is 4.42. The summed E-state index contributed by atoms with van der Waals surface area (Å²) in [5.74, 6) is 0. The third kappa shape index (κ3) is 3.06. The minimum atomic E-state index is -0.217. The van der Waals surface area contributed by atoms with Crippen LogP contribution in [0, 0.1) is 0 Å². The van der Waals surface area contributed by atoms with Gasteiger partial charge in [-0.2, -0.15) is 0 Å². The Labute approximate surface area is 83.2 Å². The quantitative estimate of drug-likeness (QED) is 0.758. The molecule has 0 aliphatic heterocycles. The zero-order valence-corrected chi connectivity index (χ0v) is 8.10. The van der Waals surface area contributed by atoms with Gasteiger partial charge in [-0.15, -0.1) is 0 Å². The summed E-state index contributed by atoms with van der Waals surface area (Å²) >= 11 is 0. The lowest BCUT2D eigenvalue weighted by Crippen LogP contribution is -2.33. The van der Waals surface area contributed by atoms with Crippen molar-refractivity contribution in [2.75, 3.05) is 25.5 Å². The normalized spacial score (nSPS) is 9.57. The third-order valence-electron chi connectivity index (χ3n) is 1.81. The van der Waals surface area contributed by atoms with Gasteiger partial charge in [0.2, 0.25) is 0 Å². The molecule has 1 aromatic rings. The molecule has 1 aromatic carbocycles. The average molecular weight is 194 g/mol. The Kier molecular flexibility index (Phi) is 3.94. The number of para-hydroxylation sites is 1. The van der Waals surface area contributed by atoms with Crippen LogP contribution in [0.3, 0.4) is 0 Å². The Balaban J connectivity index is 2.49. The first-order valence-electron chi connectivity index (χ1n) is 4.42. The van der Waals surface area contributed by atoms with Crippen molar-refractivity contribution in [2.45, 2.75) is 0 Å². The molecule has 0 fully saturated rings. The van der Waals surface area contributed by atoms with Gasteiger partial charge < -0.3 is 15.3 Å². The molecular formula is C10H14N2O2. The van der Waals surface area contributed by atoms with Crippen LogP contribution in [0.25, 0.3) is 0 Å². The van der Waals surface area contributed by atoms with Gasteiger partial charge in [-0.1, -0.05) is 18.2 Å². The Bertz CT molecular complexity index is 287. The highest BCUT2D eigenvalue weighted by molar-refractivity contribution is 5.89. The molecule has 0 aromatic heterocycles. The van der Waals surface area contributed by atoms with Crippen LogP contribution in [0.2, 0.25) is 0 Å². The second kappa shape index (κ2) is 5.24. The first kappa shape index (κ1) is 10.5. The lowest BCUT2D eigenvalue weighted by Gasteiger charge is -2.16. The van der Waals surface area contributed by atoms with Crippen molar-refractivity contribution in [1.29, 1.82) is 0 Å². The number of aliphatic hydroxyl groups is 1. The van der Waals surface area contributed by atoms with Crippen molar-refractivity contribution in [3.63, 3.8) is 0 Å². The Morgan fingerprint density at radius 2 is 2.07 bits per heavy atom. The van der Waals surface area contributed by atoms with E-state index in [2.05, 4.69) is 5.32 Å². The molecule has 2 N–H and O–H groups in total. The number of carbonyl (C=O) groups excluding carboxylic acids is 1. The van der Waals surface area contributed by atoms with Crippen LogP contribution in [-0.4, -0.2) is 36.2 Å². The van der Waals surface area contributed by atoms with Crippen molar-refractivity contribution in [3.05, 3.63) is 30.3 Å². The number of aliphatic hydroxyl groups excluding tert-OH is 1. The maximum absolute atomic E-state index is 11.4. The van der Waals surface area contributed by atoms with Gasteiger partial charge in [-0.05, 0) is 12.1 Å². The van der Waals surface area contributed by atoms with E-state index in [0.717, 1.165) is 5.69 Å². The summed E-state index contributed by atoms with van der Waals surface area (Å²) in [6.07, 6.45) is 0. The van der Waals surface area contributed by atoms with Gasteiger partial charge in [0.15, 0.2) is 0 Å². The molecule has 0 unspecified atom stereocenters. The molecule has 0 aliphatic rings. The maximum Gasteiger partial charge on any atom is 0.321 e. The van der Waals surface area contributed by atoms with Crippen molar-refractivity contribution >= 4 is 11.7 Å². The summed E-state index contributed by atoms with van der Waals surface area (Å²) in [5, 5.41) is 11.3. The second-order valence-electron chi connectivity index (χ2n) is 2.94. The summed E-state index contributed by atoms with van der Waals surface area (Å²) < 4.78 is 0. The van der Waals surface area contributed by atoms with E-state index in [1.165, 1.54) is 4.90 Å². The molecule has 14 heavy (non-hydrogen) atoms. The molecule has 0 heterocycles. The Morgan fingerprint density at radius 1 is 1.43 bits per heavy atom. The number of carbonyl (C=O) groups is 1. The van der Waals surface area contributed by atoms with E-state index in [4.69, 9.17) is 5.11 Å². The highest BCUT2D eigenvalue weighted by atomic mass is 16.3. The number of benzene rings is 1. The van der Waals surface area contributed by atoms with Crippen LogP contribution < -0.4 is 5.32 Å². The summed E-state index contributed by atoms with van der Waals surface area (Å²) in [4.78, 5) is 12.8. The van der Waals surface area contributed by atoms with E-state index >= 15 is 0 Å². The van der Waals surface area contributed by atoms with Gasteiger partial charge in [0.1, 0.15) is 0 Å². The number of anilines is 1. The molecule has 4 heteroatoms. The maximum atomic E-state index is 11.4. The highest BCUT2D eigenvalue weighted by Gasteiger charge is 2.06. The first-order chi connectivity index (χ1) is 6.74. The van der Waals surface area contributed by atoms with Crippen LogP contribution in [-0.2, 0) is 0 Å². The topological polar surface area (TPSA) is 52.6 Å². The summed E-state index contributed by atoms with van der Waals surface area (Å²) in [6.45, 7) is 0.303. The van der Waals surface area contributed by atoms with E-state index in [-0.39, 0.29) is 12.6 Å². The molecular weight excluding hydrogens is 180 g/mol. The number of nitrogens with zero attached hydrogens (tertiary/aromatic N) is 1. The fourth-order valence-electron chi connectivity index (χ4n) is 0.992. The van der Waals surface area contributed by atoms with E-state index in [1.807, 2.05) is 30.3 Å². The van der Waals surface area contributed by atoms with E-state index < -0.39 is 0 Å². The zero-order chi connectivity index (χ0) is 10.4. The number of amides is 2. The minimum Gasteiger partial charge on any atom is -0.395 e. The highest BCUT2D eigenvalue weighted by Crippen LogP contribution is 2.05. The summed E-state index contributed by atoms with van der Waals surface area (Å²) in [7, 11) is 1.63. The summed E-state index contributed by atoms with van der Waals surface area (Å²) in [5.41, 5.74) is 0.752. The average Bonchev–Trinajstić information content (AvgIpc) is 2.19. The number of rotatable bonds is 3. The van der Waals surface area contributed by atoms with Crippen LogP contribution >= 0.6 is 0 Å². The van der Waals surface area contributed by atoms with Crippen LogP contribution in [0.1, 0.15) is 0 Å². The molecule has 0 atom stereocenters.